The van der Waals surface area contributed by atoms with E-state index in [4.69, 9.17) is 0 Å². The summed E-state index contributed by atoms with van der Waals surface area (Å²) < 4.78 is 0. The molecule has 0 aliphatic heterocycles. The number of carboxylic acids is 1. The maximum atomic E-state index is 11.5. The third kappa shape index (κ3) is 3.39. The highest BCUT2D eigenvalue weighted by Gasteiger charge is 2.24. The standard InChI is InChI=1S/C15H16N2O2/c1-17(11-12-6-5-9-16-10-12)14(15(18)19)13-7-3-2-4-8-13/h2-10,14H,11H2,1H3,(H,18,19). The number of aliphatic carboxylic acids is 1. The Hall–Kier alpha value is -2.20. The minimum absolute atomic E-state index is 0.541. The van der Waals surface area contributed by atoms with E-state index in [-0.39, 0.29) is 0 Å². The van der Waals surface area contributed by atoms with Gasteiger partial charge in [-0.2, -0.15) is 0 Å². The van der Waals surface area contributed by atoms with Crippen LogP contribution in [-0.4, -0.2) is 28.0 Å². The summed E-state index contributed by atoms with van der Waals surface area (Å²) in [4.78, 5) is 17.3. The van der Waals surface area contributed by atoms with Gasteiger partial charge in [-0.15, -0.1) is 0 Å². The summed E-state index contributed by atoms with van der Waals surface area (Å²) in [6, 6.07) is 12.4. The van der Waals surface area contributed by atoms with E-state index in [2.05, 4.69) is 4.98 Å². The molecule has 4 heteroatoms. The lowest BCUT2D eigenvalue weighted by atomic mass is 10.1. The monoisotopic (exact) mass is 256 g/mol. The van der Waals surface area contributed by atoms with Crippen molar-refractivity contribution in [2.45, 2.75) is 12.6 Å². The number of rotatable bonds is 5. The lowest BCUT2D eigenvalue weighted by Crippen LogP contribution is -2.30. The zero-order valence-corrected chi connectivity index (χ0v) is 10.7. The largest absolute Gasteiger partial charge is 0.480 e. The molecule has 1 aromatic heterocycles. The number of hydrogen-bond donors (Lipinski definition) is 1. The van der Waals surface area contributed by atoms with E-state index in [1.807, 2.05) is 42.5 Å². The fourth-order valence-electron chi connectivity index (χ4n) is 2.09. The van der Waals surface area contributed by atoms with E-state index in [1.54, 1.807) is 24.3 Å². The van der Waals surface area contributed by atoms with E-state index in [1.165, 1.54) is 0 Å². The molecule has 1 atom stereocenters. The summed E-state index contributed by atoms with van der Waals surface area (Å²) in [6.07, 6.45) is 3.45. The number of pyridine rings is 1. The van der Waals surface area contributed by atoms with Crippen LogP contribution in [0, 0.1) is 0 Å². The first-order chi connectivity index (χ1) is 9.18. The Bertz CT molecular complexity index is 528. The smallest absolute Gasteiger partial charge is 0.325 e. The summed E-state index contributed by atoms with van der Waals surface area (Å²) in [6.45, 7) is 0.541. The van der Waals surface area contributed by atoms with Gasteiger partial charge in [0.25, 0.3) is 0 Å². The van der Waals surface area contributed by atoms with Crippen LogP contribution in [0.3, 0.4) is 0 Å². The highest BCUT2D eigenvalue weighted by molar-refractivity contribution is 5.75. The number of nitrogens with zero attached hydrogens (tertiary/aromatic N) is 2. The molecule has 0 spiro atoms. The van der Waals surface area contributed by atoms with Gasteiger partial charge >= 0.3 is 5.97 Å². The van der Waals surface area contributed by atoms with Gasteiger partial charge in [-0.25, -0.2) is 0 Å². The van der Waals surface area contributed by atoms with Crippen molar-refractivity contribution < 1.29 is 9.90 Å². The van der Waals surface area contributed by atoms with E-state index >= 15 is 0 Å². The topological polar surface area (TPSA) is 53.4 Å². The number of hydrogen-bond acceptors (Lipinski definition) is 3. The van der Waals surface area contributed by atoms with Gasteiger partial charge in [-0.05, 0) is 24.2 Å². The molecule has 1 heterocycles. The van der Waals surface area contributed by atoms with Crippen molar-refractivity contribution in [2.24, 2.45) is 0 Å². The molecule has 4 nitrogen and oxygen atoms in total. The minimum atomic E-state index is -0.849. The number of carboxylic acid groups (broad SMARTS) is 1. The second-order valence-electron chi connectivity index (χ2n) is 4.43. The molecule has 0 aliphatic rings. The van der Waals surface area contributed by atoms with Crippen molar-refractivity contribution in [2.75, 3.05) is 7.05 Å². The van der Waals surface area contributed by atoms with Crippen molar-refractivity contribution in [1.29, 1.82) is 0 Å². The molecular formula is C15H16N2O2. The highest BCUT2D eigenvalue weighted by Crippen LogP contribution is 2.21. The molecule has 98 valence electrons. The van der Waals surface area contributed by atoms with Crippen LogP contribution >= 0.6 is 0 Å². The first-order valence-electron chi connectivity index (χ1n) is 6.05. The van der Waals surface area contributed by atoms with Gasteiger partial charge < -0.3 is 5.11 Å². The van der Waals surface area contributed by atoms with Gasteiger partial charge in [0.15, 0.2) is 0 Å². The highest BCUT2D eigenvalue weighted by atomic mass is 16.4. The second kappa shape index (κ2) is 6.11. The van der Waals surface area contributed by atoms with Crippen LogP contribution in [0.2, 0.25) is 0 Å². The average molecular weight is 256 g/mol. The number of benzene rings is 1. The molecule has 0 saturated carbocycles. The fourth-order valence-corrected chi connectivity index (χ4v) is 2.09. The van der Waals surface area contributed by atoms with Gasteiger partial charge in [0, 0.05) is 18.9 Å². The lowest BCUT2D eigenvalue weighted by molar-refractivity contribution is -0.143. The Kier molecular flexibility index (Phi) is 4.26. The third-order valence-electron chi connectivity index (χ3n) is 2.94. The Morgan fingerprint density at radius 1 is 1.26 bits per heavy atom. The van der Waals surface area contributed by atoms with Gasteiger partial charge in [0.05, 0.1) is 0 Å². The quantitative estimate of drug-likeness (QED) is 0.892. The molecule has 1 aromatic carbocycles. The van der Waals surface area contributed by atoms with E-state index < -0.39 is 12.0 Å². The second-order valence-corrected chi connectivity index (χ2v) is 4.43. The van der Waals surface area contributed by atoms with Crippen LogP contribution in [-0.2, 0) is 11.3 Å². The molecule has 0 bridgehead atoms. The van der Waals surface area contributed by atoms with Crippen molar-refractivity contribution in [3.05, 3.63) is 66.0 Å². The van der Waals surface area contributed by atoms with Crippen LogP contribution in [0.15, 0.2) is 54.9 Å². The summed E-state index contributed by atoms with van der Waals surface area (Å²) >= 11 is 0. The molecular weight excluding hydrogens is 240 g/mol. The Morgan fingerprint density at radius 3 is 2.58 bits per heavy atom. The van der Waals surface area contributed by atoms with Crippen LogP contribution in [0.4, 0.5) is 0 Å². The molecule has 0 amide bonds. The number of carbonyl (C=O) groups is 1. The Labute approximate surface area is 112 Å². The molecule has 2 aromatic rings. The van der Waals surface area contributed by atoms with Crippen LogP contribution in [0.5, 0.6) is 0 Å². The molecule has 19 heavy (non-hydrogen) atoms. The number of likely N-dealkylation sites (N-methyl/N-ethyl adjacent to an activating group) is 1. The summed E-state index contributed by atoms with van der Waals surface area (Å²) in [5.41, 5.74) is 1.77. The van der Waals surface area contributed by atoms with Crippen LogP contribution in [0.25, 0.3) is 0 Å². The van der Waals surface area contributed by atoms with Crippen molar-refractivity contribution in [1.82, 2.24) is 9.88 Å². The predicted octanol–water partition coefficient (Wildman–Crippen LogP) is 2.34. The molecule has 0 fully saturated rings. The predicted molar refractivity (Wildman–Crippen MR) is 72.5 cm³/mol. The van der Waals surface area contributed by atoms with Crippen LogP contribution in [0.1, 0.15) is 17.2 Å². The van der Waals surface area contributed by atoms with Gasteiger partial charge in [-0.1, -0.05) is 36.4 Å². The first kappa shape index (κ1) is 13.2. The van der Waals surface area contributed by atoms with Gasteiger partial charge in [-0.3, -0.25) is 14.7 Å². The van der Waals surface area contributed by atoms with Crippen molar-refractivity contribution in [3.8, 4) is 0 Å². The molecule has 0 radical (unpaired) electrons. The van der Waals surface area contributed by atoms with E-state index in [0.29, 0.717) is 6.54 Å². The van der Waals surface area contributed by atoms with E-state index in [9.17, 15) is 9.90 Å². The lowest BCUT2D eigenvalue weighted by Gasteiger charge is -2.24. The van der Waals surface area contributed by atoms with Gasteiger partial charge in [0.2, 0.25) is 0 Å². The summed E-state index contributed by atoms with van der Waals surface area (Å²) in [5.74, 6) is -0.849. The van der Waals surface area contributed by atoms with E-state index in [0.717, 1.165) is 11.1 Å². The third-order valence-corrected chi connectivity index (χ3v) is 2.94. The minimum Gasteiger partial charge on any atom is -0.480 e. The maximum Gasteiger partial charge on any atom is 0.325 e. The van der Waals surface area contributed by atoms with Crippen molar-refractivity contribution in [3.63, 3.8) is 0 Å². The number of aromatic nitrogens is 1. The Balaban J connectivity index is 2.18. The maximum absolute atomic E-state index is 11.5. The summed E-state index contributed by atoms with van der Waals surface area (Å²) in [7, 11) is 1.80. The molecule has 1 unspecified atom stereocenters. The zero-order chi connectivity index (χ0) is 13.7. The normalized spacial score (nSPS) is 12.3. The zero-order valence-electron chi connectivity index (χ0n) is 10.7. The molecule has 2 rings (SSSR count). The molecule has 1 N–H and O–H groups in total. The van der Waals surface area contributed by atoms with Crippen molar-refractivity contribution >= 4 is 5.97 Å². The Morgan fingerprint density at radius 2 is 2.00 bits per heavy atom. The molecule has 0 saturated heterocycles. The average Bonchev–Trinajstić information content (AvgIpc) is 2.40. The SMILES string of the molecule is CN(Cc1cccnc1)C(C(=O)O)c1ccccc1. The first-order valence-corrected chi connectivity index (χ1v) is 6.05. The van der Waals surface area contributed by atoms with Crippen LogP contribution < -0.4 is 0 Å². The molecule has 0 aliphatic carbocycles. The van der Waals surface area contributed by atoms with Gasteiger partial charge in [0.1, 0.15) is 6.04 Å². The summed E-state index contributed by atoms with van der Waals surface area (Å²) in [5, 5.41) is 9.42. The fraction of sp³-hybridized carbons (Fsp3) is 0.200.